The van der Waals surface area contributed by atoms with Crippen molar-refractivity contribution in [3.63, 3.8) is 0 Å². The molecule has 0 atom stereocenters. The smallest absolute Gasteiger partial charge is 0.237 e. The Morgan fingerprint density at radius 1 is 0.633 bits per heavy atom. The molecule has 0 amide bonds. The van der Waals surface area contributed by atoms with Gasteiger partial charge in [-0.3, -0.25) is 0 Å². The van der Waals surface area contributed by atoms with Gasteiger partial charge in [-0.15, -0.1) is 0 Å². The lowest BCUT2D eigenvalue weighted by Gasteiger charge is -2.04. The molecule has 0 radical (unpaired) electrons. The van der Waals surface area contributed by atoms with Crippen molar-refractivity contribution in [2.24, 2.45) is 5.92 Å². The summed E-state index contributed by atoms with van der Waals surface area (Å²) in [5, 5.41) is 0. The zero-order valence-corrected chi connectivity index (χ0v) is 21.1. The number of nitrogens with zero attached hydrogens (tertiary/aromatic N) is 2. The van der Waals surface area contributed by atoms with Crippen molar-refractivity contribution in [3.8, 4) is 0 Å². The van der Waals surface area contributed by atoms with Crippen LogP contribution in [0, 0.1) is 5.92 Å². The van der Waals surface area contributed by atoms with Crippen LogP contribution in [-0.2, 0) is 13.1 Å². The van der Waals surface area contributed by atoms with Crippen LogP contribution in [0.1, 0.15) is 143 Å². The maximum atomic E-state index is 2.39. The second kappa shape index (κ2) is 20.1. The molecule has 0 aliphatic carbocycles. The Morgan fingerprint density at radius 3 is 1.70 bits per heavy atom. The van der Waals surface area contributed by atoms with E-state index in [1.165, 1.54) is 135 Å². The number of aromatic nitrogens is 2. The van der Waals surface area contributed by atoms with E-state index in [1.807, 2.05) is 0 Å². The predicted molar refractivity (Wildman–Crippen MR) is 133 cm³/mol. The summed E-state index contributed by atoms with van der Waals surface area (Å²) < 4.78 is 4.78. The molecule has 0 aromatic carbocycles. The van der Waals surface area contributed by atoms with Crippen molar-refractivity contribution < 1.29 is 4.57 Å². The summed E-state index contributed by atoms with van der Waals surface area (Å²) in [6, 6.07) is 0. The third kappa shape index (κ3) is 16.9. The first kappa shape index (κ1) is 27.2. The molecule has 1 heterocycles. The monoisotopic (exact) mass is 419 g/mol. The average molecular weight is 420 g/mol. The van der Waals surface area contributed by atoms with Crippen LogP contribution in [0.15, 0.2) is 18.7 Å². The van der Waals surface area contributed by atoms with E-state index in [4.69, 9.17) is 0 Å². The lowest BCUT2D eigenvalue weighted by atomic mass is 10.0. The highest BCUT2D eigenvalue weighted by molar-refractivity contribution is 4.66. The maximum Gasteiger partial charge on any atom is 0.243 e. The lowest BCUT2D eigenvalue weighted by Crippen LogP contribution is -2.30. The first-order chi connectivity index (χ1) is 14.7. The maximum absolute atomic E-state index is 2.39. The van der Waals surface area contributed by atoms with Gasteiger partial charge in [-0.2, -0.15) is 0 Å². The third-order valence-corrected chi connectivity index (χ3v) is 6.46. The number of unbranched alkanes of at least 4 members (excludes halogenated alkanes) is 16. The largest absolute Gasteiger partial charge is 0.243 e. The van der Waals surface area contributed by atoms with E-state index >= 15 is 0 Å². The molecule has 0 aliphatic rings. The zero-order chi connectivity index (χ0) is 21.7. The zero-order valence-electron chi connectivity index (χ0n) is 21.1. The highest BCUT2D eigenvalue weighted by Gasteiger charge is 2.03. The molecule has 1 rings (SSSR count). The van der Waals surface area contributed by atoms with Crippen molar-refractivity contribution in [2.45, 2.75) is 156 Å². The van der Waals surface area contributed by atoms with Crippen molar-refractivity contribution in [3.05, 3.63) is 18.7 Å². The minimum atomic E-state index is 0.879. The summed E-state index contributed by atoms with van der Waals surface area (Å²) >= 11 is 0. The van der Waals surface area contributed by atoms with Crippen LogP contribution in [0.5, 0.6) is 0 Å². The van der Waals surface area contributed by atoms with Crippen LogP contribution in [0.3, 0.4) is 0 Å². The highest BCUT2D eigenvalue weighted by atomic mass is 15.1. The molecule has 2 heteroatoms. The molecular weight excluding hydrogens is 364 g/mol. The molecule has 0 N–H and O–H groups in total. The number of hydrogen-bond donors (Lipinski definition) is 0. The van der Waals surface area contributed by atoms with Crippen LogP contribution in [0.25, 0.3) is 0 Å². The molecule has 0 saturated heterocycles. The minimum absolute atomic E-state index is 0.879. The summed E-state index contributed by atoms with van der Waals surface area (Å²) in [5.74, 6) is 0.879. The topological polar surface area (TPSA) is 8.81 Å². The number of aryl methyl sites for hydroxylation is 2. The minimum Gasteiger partial charge on any atom is -0.237 e. The second-order valence-electron chi connectivity index (χ2n) is 10.1. The number of rotatable bonds is 22. The molecule has 1 aromatic rings. The van der Waals surface area contributed by atoms with E-state index in [0.29, 0.717) is 0 Å². The Labute approximate surface area is 189 Å². The van der Waals surface area contributed by atoms with E-state index in [0.717, 1.165) is 5.92 Å². The van der Waals surface area contributed by atoms with Gasteiger partial charge in [0.15, 0.2) is 0 Å². The lowest BCUT2D eigenvalue weighted by molar-refractivity contribution is -0.696. The quantitative estimate of drug-likeness (QED) is 0.131. The summed E-state index contributed by atoms with van der Waals surface area (Å²) in [6.07, 6.45) is 33.8. The molecule has 0 saturated carbocycles. The Bertz CT molecular complexity index is 463. The SMILES string of the molecule is CCCCCCCCCCCCCn1cc[n+](CCCCCCCCCC(C)C)c1. The number of imidazole rings is 1. The van der Waals surface area contributed by atoms with Crippen LogP contribution in [0.4, 0.5) is 0 Å². The Balaban J connectivity index is 1.88. The van der Waals surface area contributed by atoms with Crippen molar-refractivity contribution in [1.82, 2.24) is 4.57 Å². The Hall–Kier alpha value is -0.790. The van der Waals surface area contributed by atoms with Crippen LogP contribution in [-0.4, -0.2) is 4.57 Å². The van der Waals surface area contributed by atoms with Gasteiger partial charge in [0.1, 0.15) is 12.4 Å². The van der Waals surface area contributed by atoms with Gasteiger partial charge in [-0.05, 0) is 31.6 Å². The van der Waals surface area contributed by atoms with Gasteiger partial charge in [0.25, 0.3) is 0 Å². The van der Waals surface area contributed by atoms with Gasteiger partial charge in [0, 0.05) is 0 Å². The van der Waals surface area contributed by atoms with Crippen LogP contribution < -0.4 is 4.57 Å². The highest BCUT2D eigenvalue weighted by Crippen LogP contribution is 2.13. The second-order valence-corrected chi connectivity index (χ2v) is 10.1. The molecule has 30 heavy (non-hydrogen) atoms. The van der Waals surface area contributed by atoms with Crippen molar-refractivity contribution >= 4 is 0 Å². The van der Waals surface area contributed by atoms with Crippen LogP contribution in [0.2, 0.25) is 0 Å². The van der Waals surface area contributed by atoms with Gasteiger partial charge in [-0.1, -0.05) is 117 Å². The van der Waals surface area contributed by atoms with E-state index in [-0.39, 0.29) is 0 Å². The van der Waals surface area contributed by atoms with E-state index in [2.05, 4.69) is 48.6 Å². The Morgan fingerprint density at radius 2 is 1.13 bits per heavy atom. The third-order valence-electron chi connectivity index (χ3n) is 6.46. The van der Waals surface area contributed by atoms with Crippen molar-refractivity contribution in [1.29, 1.82) is 0 Å². The molecule has 0 bridgehead atoms. The summed E-state index contributed by atoms with van der Waals surface area (Å²) in [4.78, 5) is 0. The summed E-state index contributed by atoms with van der Waals surface area (Å²) in [7, 11) is 0. The molecule has 2 nitrogen and oxygen atoms in total. The Kier molecular flexibility index (Phi) is 18.3. The van der Waals surface area contributed by atoms with Crippen LogP contribution >= 0.6 is 0 Å². The fraction of sp³-hybridized carbons (Fsp3) is 0.893. The predicted octanol–water partition coefficient (Wildman–Crippen LogP) is 8.86. The molecule has 0 aliphatic heterocycles. The number of hydrogen-bond acceptors (Lipinski definition) is 0. The van der Waals surface area contributed by atoms with Gasteiger partial charge >= 0.3 is 0 Å². The normalized spacial score (nSPS) is 11.6. The molecule has 176 valence electrons. The molecular formula is C28H55N2+. The van der Waals surface area contributed by atoms with Gasteiger partial charge in [-0.25, -0.2) is 9.13 Å². The van der Waals surface area contributed by atoms with E-state index in [9.17, 15) is 0 Å². The average Bonchev–Trinajstić information content (AvgIpc) is 3.18. The standard InChI is InChI=1S/C28H55N2/c1-4-5-6-7-8-9-10-11-14-17-20-23-29-25-26-30(27-29)24-21-18-15-12-13-16-19-22-28(2)3/h25-28H,4-24H2,1-3H3/q+1. The van der Waals surface area contributed by atoms with Gasteiger partial charge in [0.2, 0.25) is 6.33 Å². The molecule has 0 spiro atoms. The molecule has 0 fully saturated rings. The fourth-order valence-corrected chi connectivity index (χ4v) is 4.39. The molecule has 0 unspecified atom stereocenters. The van der Waals surface area contributed by atoms with Gasteiger partial charge < -0.3 is 0 Å². The van der Waals surface area contributed by atoms with E-state index < -0.39 is 0 Å². The first-order valence-corrected chi connectivity index (χ1v) is 13.8. The fourth-order valence-electron chi connectivity index (χ4n) is 4.39. The first-order valence-electron chi connectivity index (χ1n) is 13.8. The van der Waals surface area contributed by atoms with E-state index in [1.54, 1.807) is 0 Å². The molecule has 1 aromatic heterocycles. The summed E-state index contributed by atoms with van der Waals surface area (Å²) in [6.45, 7) is 9.36. The van der Waals surface area contributed by atoms with Crippen molar-refractivity contribution in [2.75, 3.05) is 0 Å². The van der Waals surface area contributed by atoms with Gasteiger partial charge in [0.05, 0.1) is 13.1 Å². The summed E-state index contributed by atoms with van der Waals surface area (Å²) in [5.41, 5.74) is 0.